The number of benzene rings is 1. The molecule has 4 nitrogen and oxygen atoms in total. The van der Waals surface area contributed by atoms with E-state index in [-0.39, 0.29) is 23.5 Å². The highest BCUT2D eigenvalue weighted by molar-refractivity contribution is 5.88. The Morgan fingerprint density at radius 3 is 2.22 bits per heavy atom. The zero-order valence-electron chi connectivity index (χ0n) is 13.8. The third-order valence-corrected chi connectivity index (χ3v) is 4.52. The zero-order valence-corrected chi connectivity index (χ0v) is 13.8. The molecule has 2 N–H and O–H groups in total. The van der Waals surface area contributed by atoms with Gasteiger partial charge in [0.25, 0.3) is 0 Å². The van der Waals surface area contributed by atoms with Gasteiger partial charge in [0.15, 0.2) is 0 Å². The first-order valence-electron chi connectivity index (χ1n) is 8.28. The van der Waals surface area contributed by atoms with E-state index in [1.165, 1.54) is 12.1 Å². The molecule has 0 bridgehead atoms. The van der Waals surface area contributed by atoms with Crippen LogP contribution in [0.15, 0.2) is 24.3 Å². The van der Waals surface area contributed by atoms with E-state index in [1.54, 1.807) is 12.1 Å². The molecule has 0 aromatic heterocycles. The standard InChI is InChI=1S/C18H25FN2O2/c1-13(2)16(22)20-11-12-21-17(23)18(9-3-4-10-18)14-5-7-15(19)8-6-14/h5-8,13H,3-4,9-12H2,1-2H3,(H,20,22)(H,21,23). The number of carbonyl (C=O) groups is 2. The summed E-state index contributed by atoms with van der Waals surface area (Å²) in [5.74, 6) is -0.404. The molecule has 1 aromatic carbocycles. The second kappa shape index (κ2) is 7.57. The van der Waals surface area contributed by atoms with Crippen LogP contribution in [0.1, 0.15) is 45.1 Å². The van der Waals surface area contributed by atoms with Crippen molar-refractivity contribution in [3.8, 4) is 0 Å². The number of halogens is 1. The Bertz CT molecular complexity index is 549. The minimum absolute atomic E-state index is 0.0200. The molecule has 1 aromatic rings. The van der Waals surface area contributed by atoms with E-state index in [0.29, 0.717) is 13.1 Å². The summed E-state index contributed by atoms with van der Waals surface area (Å²) in [6, 6.07) is 6.23. The van der Waals surface area contributed by atoms with Crippen LogP contribution >= 0.6 is 0 Å². The van der Waals surface area contributed by atoms with Crippen molar-refractivity contribution in [3.63, 3.8) is 0 Å². The molecule has 2 amide bonds. The van der Waals surface area contributed by atoms with Crippen LogP contribution in [0.5, 0.6) is 0 Å². The Hall–Kier alpha value is -1.91. The lowest BCUT2D eigenvalue weighted by molar-refractivity contribution is -0.127. The number of nitrogens with one attached hydrogen (secondary N) is 2. The molecule has 0 heterocycles. The van der Waals surface area contributed by atoms with Crippen molar-refractivity contribution >= 4 is 11.8 Å². The molecule has 0 atom stereocenters. The van der Waals surface area contributed by atoms with Gasteiger partial charge in [-0.3, -0.25) is 9.59 Å². The van der Waals surface area contributed by atoms with E-state index in [0.717, 1.165) is 31.2 Å². The predicted molar refractivity (Wildman–Crippen MR) is 87.4 cm³/mol. The highest BCUT2D eigenvalue weighted by atomic mass is 19.1. The van der Waals surface area contributed by atoms with Crippen LogP contribution in [0.25, 0.3) is 0 Å². The second-order valence-corrected chi connectivity index (χ2v) is 6.50. The molecule has 1 fully saturated rings. The molecule has 0 radical (unpaired) electrons. The average Bonchev–Trinajstić information content (AvgIpc) is 3.02. The van der Waals surface area contributed by atoms with Gasteiger partial charge in [0.1, 0.15) is 5.82 Å². The molecule has 126 valence electrons. The van der Waals surface area contributed by atoms with Crippen molar-refractivity contribution < 1.29 is 14.0 Å². The van der Waals surface area contributed by atoms with Crippen LogP contribution in [0, 0.1) is 11.7 Å². The average molecular weight is 320 g/mol. The van der Waals surface area contributed by atoms with E-state index in [1.807, 2.05) is 13.8 Å². The zero-order chi connectivity index (χ0) is 16.9. The molecule has 5 heteroatoms. The smallest absolute Gasteiger partial charge is 0.230 e. The first-order chi connectivity index (χ1) is 11.0. The van der Waals surface area contributed by atoms with Crippen molar-refractivity contribution in [2.75, 3.05) is 13.1 Å². The molecule has 1 aliphatic rings. The van der Waals surface area contributed by atoms with Gasteiger partial charge in [0, 0.05) is 19.0 Å². The molecule has 0 aliphatic heterocycles. The molecule has 2 rings (SSSR count). The van der Waals surface area contributed by atoms with Gasteiger partial charge in [0.05, 0.1) is 5.41 Å². The Morgan fingerprint density at radius 1 is 1.09 bits per heavy atom. The van der Waals surface area contributed by atoms with E-state index in [2.05, 4.69) is 10.6 Å². The highest BCUT2D eigenvalue weighted by Gasteiger charge is 2.42. The molecule has 1 aliphatic carbocycles. The van der Waals surface area contributed by atoms with Crippen molar-refractivity contribution in [1.82, 2.24) is 10.6 Å². The SMILES string of the molecule is CC(C)C(=O)NCCNC(=O)C1(c2ccc(F)cc2)CCCC1. The quantitative estimate of drug-likeness (QED) is 0.791. The molecule has 23 heavy (non-hydrogen) atoms. The van der Waals surface area contributed by atoms with Crippen LogP contribution < -0.4 is 10.6 Å². The van der Waals surface area contributed by atoms with Crippen LogP contribution in [-0.4, -0.2) is 24.9 Å². The van der Waals surface area contributed by atoms with Crippen LogP contribution in [0.4, 0.5) is 4.39 Å². The molecule has 1 saturated carbocycles. The lowest BCUT2D eigenvalue weighted by Gasteiger charge is -2.28. The van der Waals surface area contributed by atoms with Gasteiger partial charge in [-0.1, -0.05) is 38.8 Å². The summed E-state index contributed by atoms with van der Waals surface area (Å²) in [6.45, 7) is 4.48. The maximum absolute atomic E-state index is 13.1. The number of hydrogen-bond donors (Lipinski definition) is 2. The van der Waals surface area contributed by atoms with Gasteiger partial charge in [-0.15, -0.1) is 0 Å². The molecular formula is C18H25FN2O2. The van der Waals surface area contributed by atoms with Crippen molar-refractivity contribution in [2.24, 2.45) is 5.92 Å². The molecule has 0 spiro atoms. The number of rotatable bonds is 6. The summed E-state index contributed by atoms with van der Waals surface area (Å²) in [4.78, 5) is 24.2. The fraction of sp³-hybridized carbons (Fsp3) is 0.556. The lowest BCUT2D eigenvalue weighted by Crippen LogP contribution is -2.45. The Kier molecular flexibility index (Phi) is 5.74. The third kappa shape index (κ3) is 4.09. The minimum atomic E-state index is -0.560. The van der Waals surface area contributed by atoms with Crippen molar-refractivity contribution in [2.45, 2.75) is 44.9 Å². The summed E-state index contributed by atoms with van der Waals surface area (Å²) in [5.41, 5.74) is 0.315. The predicted octanol–water partition coefficient (Wildman–Crippen LogP) is 2.53. The summed E-state index contributed by atoms with van der Waals surface area (Å²) in [6.07, 6.45) is 3.55. The summed E-state index contributed by atoms with van der Waals surface area (Å²) in [5, 5.41) is 5.71. The fourth-order valence-corrected chi connectivity index (χ4v) is 3.13. The van der Waals surface area contributed by atoms with Crippen molar-refractivity contribution in [1.29, 1.82) is 0 Å². The maximum atomic E-state index is 13.1. The topological polar surface area (TPSA) is 58.2 Å². The van der Waals surface area contributed by atoms with Gasteiger partial charge >= 0.3 is 0 Å². The fourth-order valence-electron chi connectivity index (χ4n) is 3.13. The van der Waals surface area contributed by atoms with Crippen LogP contribution in [-0.2, 0) is 15.0 Å². The van der Waals surface area contributed by atoms with Gasteiger partial charge in [-0.25, -0.2) is 4.39 Å². The van der Waals surface area contributed by atoms with Crippen LogP contribution in [0.3, 0.4) is 0 Å². The number of carbonyl (C=O) groups excluding carboxylic acids is 2. The summed E-state index contributed by atoms with van der Waals surface area (Å²) < 4.78 is 13.1. The van der Waals surface area contributed by atoms with E-state index in [4.69, 9.17) is 0 Å². The second-order valence-electron chi connectivity index (χ2n) is 6.50. The first kappa shape index (κ1) is 17.4. The van der Waals surface area contributed by atoms with E-state index < -0.39 is 5.41 Å². The Morgan fingerprint density at radius 2 is 1.65 bits per heavy atom. The number of amides is 2. The van der Waals surface area contributed by atoms with Crippen LogP contribution in [0.2, 0.25) is 0 Å². The molecule has 0 saturated heterocycles. The largest absolute Gasteiger partial charge is 0.354 e. The Balaban J connectivity index is 1.97. The summed E-state index contributed by atoms with van der Waals surface area (Å²) in [7, 11) is 0. The van der Waals surface area contributed by atoms with Gasteiger partial charge in [-0.05, 0) is 30.5 Å². The minimum Gasteiger partial charge on any atom is -0.354 e. The monoisotopic (exact) mass is 320 g/mol. The normalized spacial score (nSPS) is 16.3. The molecule has 0 unspecified atom stereocenters. The Labute approximate surface area is 136 Å². The van der Waals surface area contributed by atoms with Gasteiger partial charge in [0.2, 0.25) is 11.8 Å². The van der Waals surface area contributed by atoms with E-state index in [9.17, 15) is 14.0 Å². The first-order valence-corrected chi connectivity index (χ1v) is 8.28. The highest BCUT2D eigenvalue weighted by Crippen LogP contribution is 2.41. The van der Waals surface area contributed by atoms with E-state index >= 15 is 0 Å². The van der Waals surface area contributed by atoms with Gasteiger partial charge < -0.3 is 10.6 Å². The van der Waals surface area contributed by atoms with Crippen molar-refractivity contribution in [3.05, 3.63) is 35.6 Å². The third-order valence-electron chi connectivity index (χ3n) is 4.52. The lowest BCUT2D eigenvalue weighted by atomic mass is 9.78. The maximum Gasteiger partial charge on any atom is 0.230 e. The van der Waals surface area contributed by atoms with Gasteiger partial charge in [-0.2, -0.15) is 0 Å². The summed E-state index contributed by atoms with van der Waals surface area (Å²) >= 11 is 0. The molecular weight excluding hydrogens is 295 g/mol. The number of hydrogen-bond acceptors (Lipinski definition) is 2.